The Kier molecular flexibility index (Phi) is 4.90. The van der Waals surface area contributed by atoms with Crippen LogP contribution in [0.1, 0.15) is 63.2 Å². The average Bonchev–Trinajstić information content (AvgIpc) is 3.07. The molecule has 0 aliphatic heterocycles. The van der Waals surface area contributed by atoms with Crippen LogP contribution in [0.5, 0.6) is 0 Å². The van der Waals surface area contributed by atoms with Crippen LogP contribution >= 0.6 is 11.8 Å². The zero-order valence-electron chi connectivity index (χ0n) is 16.7. The first-order valence-corrected chi connectivity index (χ1v) is 12.2. The summed E-state index contributed by atoms with van der Waals surface area (Å²) in [6.45, 7) is 0. The Hall–Kier alpha value is -1.49. The van der Waals surface area contributed by atoms with Gasteiger partial charge in [-0.2, -0.15) is 11.8 Å². The SMILES string of the molecule is CSCC[C@@H](NC(=O)CC12CC3CC(CC(C3)C1)C2)c1nc2ccccc2[nH]1. The zero-order chi connectivity index (χ0) is 19.1. The Morgan fingerprint density at radius 2 is 1.89 bits per heavy atom. The molecule has 0 saturated heterocycles. The number of fused-ring (bicyclic) bond motifs is 1. The highest BCUT2D eigenvalue weighted by atomic mass is 32.2. The highest BCUT2D eigenvalue weighted by molar-refractivity contribution is 7.98. The van der Waals surface area contributed by atoms with Crippen molar-refractivity contribution in [2.45, 2.75) is 57.4 Å². The fourth-order valence-electron chi connectivity index (χ4n) is 6.74. The maximum atomic E-state index is 13.1. The molecule has 0 unspecified atom stereocenters. The van der Waals surface area contributed by atoms with Crippen molar-refractivity contribution in [2.75, 3.05) is 12.0 Å². The smallest absolute Gasteiger partial charge is 0.221 e. The normalized spacial score (nSPS) is 32.0. The molecule has 1 amide bonds. The monoisotopic (exact) mass is 397 g/mol. The molecule has 2 N–H and O–H groups in total. The van der Waals surface area contributed by atoms with Gasteiger partial charge < -0.3 is 10.3 Å². The summed E-state index contributed by atoms with van der Waals surface area (Å²) in [4.78, 5) is 21.3. The van der Waals surface area contributed by atoms with Gasteiger partial charge in [0.05, 0.1) is 17.1 Å². The fourth-order valence-corrected chi connectivity index (χ4v) is 7.21. The van der Waals surface area contributed by atoms with Gasteiger partial charge in [-0.15, -0.1) is 0 Å². The molecule has 4 bridgehead atoms. The van der Waals surface area contributed by atoms with Crippen molar-refractivity contribution in [1.82, 2.24) is 15.3 Å². The summed E-state index contributed by atoms with van der Waals surface area (Å²) in [7, 11) is 0. The van der Waals surface area contributed by atoms with Crippen molar-refractivity contribution in [3.8, 4) is 0 Å². The molecule has 1 heterocycles. The largest absolute Gasteiger partial charge is 0.346 e. The summed E-state index contributed by atoms with van der Waals surface area (Å²) in [5.41, 5.74) is 2.31. The number of aromatic nitrogens is 2. The molecular formula is C23H31N3OS. The van der Waals surface area contributed by atoms with Gasteiger partial charge in [0.1, 0.15) is 5.82 Å². The lowest BCUT2D eigenvalue weighted by molar-refractivity contribution is -0.130. The number of thioether (sulfide) groups is 1. The topological polar surface area (TPSA) is 57.8 Å². The number of aromatic amines is 1. The number of benzene rings is 1. The third-order valence-corrected chi connectivity index (χ3v) is 8.03. The number of hydrogen-bond acceptors (Lipinski definition) is 3. The molecule has 4 aliphatic carbocycles. The van der Waals surface area contributed by atoms with E-state index in [1.807, 2.05) is 30.0 Å². The molecule has 4 fully saturated rings. The molecule has 0 spiro atoms. The molecule has 1 atom stereocenters. The van der Waals surface area contributed by atoms with Crippen molar-refractivity contribution in [3.63, 3.8) is 0 Å². The first kappa shape index (κ1) is 18.5. The van der Waals surface area contributed by atoms with E-state index in [2.05, 4.69) is 22.6 Å². The van der Waals surface area contributed by atoms with Gasteiger partial charge in [0, 0.05) is 6.42 Å². The van der Waals surface area contributed by atoms with Gasteiger partial charge in [0.15, 0.2) is 0 Å². The predicted octanol–water partition coefficient (Wildman–Crippen LogP) is 5.08. The number of para-hydroxylation sites is 2. The maximum absolute atomic E-state index is 13.1. The van der Waals surface area contributed by atoms with Gasteiger partial charge in [-0.3, -0.25) is 4.79 Å². The van der Waals surface area contributed by atoms with Crippen molar-refractivity contribution in [3.05, 3.63) is 30.1 Å². The van der Waals surface area contributed by atoms with Crippen LogP contribution < -0.4 is 5.32 Å². The van der Waals surface area contributed by atoms with Crippen LogP contribution in [0.3, 0.4) is 0 Å². The number of nitrogens with one attached hydrogen (secondary N) is 2. The van der Waals surface area contributed by atoms with E-state index in [-0.39, 0.29) is 17.4 Å². The van der Waals surface area contributed by atoms with Gasteiger partial charge in [-0.25, -0.2) is 4.98 Å². The van der Waals surface area contributed by atoms with Crippen molar-refractivity contribution < 1.29 is 4.79 Å². The van der Waals surface area contributed by atoms with Crippen molar-refractivity contribution >= 4 is 28.7 Å². The molecule has 1 aromatic carbocycles. The standard InChI is InChI=1S/C23H31N3OS/c1-28-7-6-20(22-25-18-4-2-3-5-19(18)26-22)24-21(27)14-23-11-15-8-16(12-23)10-17(9-15)13-23/h2-5,15-17,20H,6-14H2,1H3,(H,24,27)(H,25,26)/t15?,16?,17?,20-,23?/m1/s1. The van der Waals surface area contributed by atoms with E-state index in [0.717, 1.165) is 46.8 Å². The van der Waals surface area contributed by atoms with Crippen LogP contribution in [0.4, 0.5) is 0 Å². The summed E-state index contributed by atoms with van der Waals surface area (Å²) >= 11 is 1.82. The number of hydrogen-bond donors (Lipinski definition) is 2. The number of rotatable bonds is 7. The maximum Gasteiger partial charge on any atom is 0.221 e. The lowest BCUT2D eigenvalue weighted by Gasteiger charge is -2.56. The second-order valence-corrected chi connectivity index (χ2v) is 10.6. The number of nitrogens with zero attached hydrogens (tertiary/aromatic N) is 1. The third kappa shape index (κ3) is 3.58. The van der Waals surface area contributed by atoms with Crippen LogP contribution in [0.2, 0.25) is 0 Å². The molecule has 5 heteroatoms. The number of imidazole rings is 1. The van der Waals surface area contributed by atoms with E-state index >= 15 is 0 Å². The van der Waals surface area contributed by atoms with Crippen LogP contribution in [0.15, 0.2) is 24.3 Å². The Labute approximate surface area is 171 Å². The molecule has 2 aromatic rings. The van der Waals surface area contributed by atoms with E-state index in [1.165, 1.54) is 38.5 Å². The molecule has 28 heavy (non-hydrogen) atoms. The first-order chi connectivity index (χ1) is 13.6. The Morgan fingerprint density at radius 3 is 2.54 bits per heavy atom. The Bertz CT molecular complexity index is 792. The summed E-state index contributed by atoms with van der Waals surface area (Å²) in [5, 5.41) is 3.36. The summed E-state index contributed by atoms with van der Waals surface area (Å²) < 4.78 is 0. The second kappa shape index (κ2) is 7.40. The molecule has 4 nitrogen and oxygen atoms in total. The summed E-state index contributed by atoms with van der Waals surface area (Å²) in [5.74, 6) is 4.81. The lowest BCUT2D eigenvalue weighted by atomic mass is 9.49. The van der Waals surface area contributed by atoms with Crippen LogP contribution in [0, 0.1) is 23.2 Å². The molecule has 150 valence electrons. The van der Waals surface area contributed by atoms with E-state index in [1.54, 1.807) is 0 Å². The Balaban J connectivity index is 1.30. The average molecular weight is 398 g/mol. The lowest BCUT2D eigenvalue weighted by Crippen LogP contribution is -2.48. The molecule has 6 rings (SSSR count). The van der Waals surface area contributed by atoms with Crippen molar-refractivity contribution in [1.29, 1.82) is 0 Å². The third-order valence-electron chi connectivity index (χ3n) is 7.38. The van der Waals surface area contributed by atoms with Gasteiger partial charge in [0.25, 0.3) is 0 Å². The number of H-pyrrole nitrogens is 1. The first-order valence-electron chi connectivity index (χ1n) is 10.9. The molecule has 1 aromatic heterocycles. The number of carbonyl (C=O) groups is 1. The number of carbonyl (C=O) groups excluding carboxylic acids is 1. The molecule has 4 saturated carbocycles. The molecule has 4 aliphatic rings. The van der Waals surface area contributed by atoms with Crippen LogP contribution in [-0.2, 0) is 4.79 Å². The highest BCUT2D eigenvalue weighted by Gasteiger charge is 2.51. The second-order valence-electron chi connectivity index (χ2n) is 9.64. The van der Waals surface area contributed by atoms with Gasteiger partial charge in [-0.1, -0.05) is 12.1 Å². The van der Waals surface area contributed by atoms with E-state index in [0.29, 0.717) is 6.42 Å². The zero-order valence-corrected chi connectivity index (χ0v) is 17.6. The van der Waals surface area contributed by atoms with Gasteiger partial charge in [-0.05, 0) is 92.3 Å². The van der Waals surface area contributed by atoms with E-state index < -0.39 is 0 Å². The molecular weight excluding hydrogens is 366 g/mol. The minimum atomic E-state index is -0.0266. The van der Waals surface area contributed by atoms with Crippen molar-refractivity contribution in [2.24, 2.45) is 23.2 Å². The summed E-state index contributed by atoms with van der Waals surface area (Å²) in [6.07, 6.45) is 11.9. The quantitative estimate of drug-likeness (QED) is 0.685. The minimum Gasteiger partial charge on any atom is -0.346 e. The van der Waals surface area contributed by atoms with Gasteiger partial charge >= 0.3 is 0 Å². The number of amides is 1. The molecule has 0 radical (unpaired) electrons. The van der Waals surface area contributed by atoms with E-state index in [4.69, 9.17) is 4.98 Å². The van der Waals surface area contributed by atoms with Crippen LogP contribution in [-0.4, -0.2) is 27.9 Å². The fraction of sp³-hybridized carbons (Fsp3) is 0.652. The predicted molar refractivity (Wildman–Crippen MR) is 115 cm³/mol. The van der Waals surface area contributed by atoms with E-state index in [9.17, 15) is 4.79 Å². The summed E-state index contributed by atoms with van der Waals surface area (Å²) in [6, 6.07) is 8.08. The van der Waals surface area contributed by atoms with Gasteiger partial charge in [0.2, 0.25) is 5.91 Å². The Morgan fingerprint density at radius 1 is 1.21 bits per heavy atom. The minimum absolute atomic E-state index is 0.0266. The van der Waals surface area contributed by atoms with Crippen LogP contribution in [0.25, 0.3) is 11.0 Å². The highest BCUT2D eigenvalue weighted by Crippen LogP contribution is 2.61.